The van der Waals surface area contributed by atoms with Crippen LogP contribution in [0.4, 0.5) is 0 Å². The summed E-state index contributed by atoms with van der Waals surface area (Å²) in [6, 6.07) is 0.111. The Balaban J connectivity index is 1.63. The van der Waals surface area contributed by atoms with E-state index in [1.807, 2.05) is 0 Å². The second-order valence-electron chi connectivity index (χ2n) is 5.33. The van der Waals surface area contributed by atoms with E-state index in [9.17, 15) is 0 Å². The lowest BCUT2D eigenvalue weighted by Crippen LogP contribution is -2.48. The van der Waals surface area contributed by atoms with Crippen LogP contribution in [0.3, 0.4) is 0 Å². The van der Waals surface area contributed by atoms with Crippen LogP contribution in [0.1, 0.15) is 32.1 Å². The first kappa shape index (κ1) is 11.3. The van der Waals surface area contributed by atoms with E-state index in [0.29, 0.717) is 0 Å². The maximum Gasteiger partial charge on any atom is 0.168 e. The van der Waals surface area contributed by atoms with Crippen molar-refractivity contribution in [2.24, 2.45) is 5.11 Å². The molecular formula is C11H18N4O2. The summed E-state index contributed by atoms with van der Waals surface area (Å²) < 4.78 is 11.5. The normalized spacial score (nSPS) is 34.0. The molecule has 0 aromatic carbocycles. The minimum absolute atomic E-state index is 0.111. The number of nitrogens with zero attached hydrogens (tertiary/aromatic N) is 3. The van der Waals surface area contributed by atoms with Gasteiger partial charge in [-0.25, -0.2) is 0 Å². The van der Waals surface area contributed by atoms with Gasteiger partial charge in [-0.1, -0.05) is 5.11 Å². The van der Waals surface area contributed by atoms with E-state index in [-0.39, 0.29) is 17.4 Å². The van der Waals surface area contributed by atoms with E-state index in [0.717, 1.165) is 51.9 Å². The number of ether oxygens (including phenoxy) is 2. The minimum atomic E-state index is -0.302. The Hall–Kier alpha value is -0.810. The molecule has 2 heterocycles. The first-order valence-corrected chi connectivity index (χ1v) is 6.33. The molecule has 1 aliphatic carbocycles. The van der Waals surface area contributed by atoms with Gasteiger partial charge in [0.25, 0.3) is 0 Å². The Morgan fingerprint density at radius 1 is 1.18 bits per heavy atom. The topological polar surface area (TPSA) is 79.3 Å². The summed E-state index contributed by atoms with van der Waals surface area (Å²) in [7, 11) is 0. The Bertz CT molecular complexity index is 337. The van der Waals surface area contributed by atoms with E-state index < -0.39 is 0 Å². The third kappa shape index (κ3) is 2.02. The summed E-state index contributed by atoms with van der Waals surface area (Å²) in [4.78, 5) is 2.90. The molecule has 2 spiro atoms. The smallest absolute Gasteiger partial charge is 0.168 e. The highest BCUT2D eigenvalue weighted by atomic mass is 16.7. The number of hydrogen-bond acceptors (Lipinski definition) is 4. The average Bonchev–Trinajstić information content (AvgIpc) is 2.93. The number of azide groups is 1. The highest BCUT2D eigenvalue weighted by Crippen LogP contribution is 2.43. The van der Waals surface area contributed by atoms with Crippen LogP contribution < -0.4 is 5.32 Å². The van der Waals surface area contributed by atoms with Crippen molar-refractivity contribution in [3.05, 3.63) is 10.4 Å². The van der Waals surface area contributed by atoms with Gasteiger partial charge >= 0.3 is 0 Å². The van der Waals surface area contributed by atoms with E-state index >= 15 is 0 Å². The van der Waals surface area contributed by atoms with Crippen molar-refractivity contribution >= 4 is 0 Å². The highest BCUT2D eigenvalue weighted by Gasteiger charge is 2.48. The molecular weight excluding hydrogens is 220 g/mol. The van der Waals surface area contributed by atoms with E-state index in [4.69, 9.17) is 15.0 Å². The van der Waals surface area contributed by atoms with Crippen LogP contribution in [-0.2, 0) is 9.47 Å². The van der Waals surface area contributed by atoms with Crippen molar-refractivity contribution in [3.63, 3.8) is 0 Å². The van der Waals surface area contributed by atoms with Crippen LogP contribution in [-0.4, -0.2) is 37.1 Å². The number of rotatable bonds is 1. The van der Waals surface area contributed by atoms with Gasteiger partial charge in [0.1, 0.15) is 0 Å². The molecule has 3 rings (SSSR count). The quantitative estimate of drug-likeness (QED) is 0.429. The van der Waals surface area contributed by atoms with Crippen molar-refractivity contribution in [2.75, 3.05) is 19.8 Å². The van der Waals surface area contributed by atoms with Gasteiger partial charge in [-0.3, -0.25) is 0 Å². The van der Waals surface area contributed by atoms with Crippen LogP contribution in [0.5, 0.6) is 0 Å². The zero-order chi connectivity index (χ0) is 11.8. The van der Waals surface area contributed by atoms with Crippen molar-refractivity contribution in [1.82, 2.24) is 5.32 Å². The molecule has 1 saturated carbocycles. The summed E-state index contributed by atoms with van der Waals surface area (Å²) in [5.74, 6) is -0.302. The van der Waals surface area contributed by atoms with Crippen LogP contribution in [0.15, 0.2) is 5.11 Å². The van der Waals surface area contributed by atoms with E-state index in [1.165, 1.54) is 0 Å². The molecule has 3 aliphatic rings. The zero-order valence-electron chi connectivity index (χ0n) is 9.89. The van der Waals surface area contributed by atoms with Gasteiger partial charge < -0.3 is 14.8 Å². The van der Waals surface area contributed by atoms with Crippen molar-refractivity contribution in [2.45, 2.75) is 49.5 Å². The molecule has 0 aromatic rings. The molecule has 6 nitrogen and oxygen atoms in total. The average molecular weight is 238 g/mol. The second-order valence-corrected chi connectivity index (χ2v) is 5.33. The third-order valence-electron chi connectivity index (χ3n) is 4.34. The Kier molecular flexibility index (Phi) is 2.75. The summed E-state index contributed by atoms with van der Waals surface area (Å²) in [5.41, 5.74) is 8.62. The molecule has 2 saturated heterocycles. The van der Waals surface area contributed by atoms with Crippen molar-refractivity contribution < 1.29 is 9.47 Å². The van der Waals surface area contributed by atoms with Crippen LogP contribution in [0, 0.1) is 0 Å². The van der Waals surface area contributed by atoms with Gasteiger partial charge in [-0.15, -0.1) is 0 Å². The fourth-order valence-corrected chi connectivity index (χ4v) is 3.36. The first-order valence-electron chi connectivity index (χ1n) is 6.33. The number of hydrogen-bond donors (Lipinski definition) is 1. The maximum atomic E-state index is 8.47. The monoisotopic (exact) mass is 238 g/mol. The lowest BCUT2D eigenvalue weighted by atomic mass is 9.77. The summed E-state index contributed by atoms with van der Waals surface area (Å²) in [6.45, 7) is 2.25. The number of nitrogens with one attached hydrogen (secondary N) is 1. The molecule has 94 valence electrons. The molecule has 0 bridgehead atoms. The van der Waals surface area contributed by atoms with Gasteiger partial charge in [0.15, 0.2) is 5.79 Å². The summed E-state index contributed by atoms with van der Waals surface area (Å²) in [6.07, 6.45) is 4.94. The van der Waals surface area contributed by atoms with E-state index in [2.05, 4.69) is 15.3 Å². The Morgan fingerprint density at radius 2 is 1.88 bits per heavy atom. The largest absolute Gasteiger partial charge is 0.348 e. The van der Waals surface area contributed by atoms with E-state index in [1.54, 1.807) is 0 Å². The van der Waals surface area contributed by atoms with Crippen LogP contribution in [0.2, 0.25) is 0 Å². The molecule has 6 heteroatoms. The van der Waals surface area contributed by atoms with Crippen LogP contribution in [0.25, 0.3) is 10.4 Å². The standard InChI is InChI=1S/C11H18N4O2/c12-15-14-9-7-10(13-8-9)1-3-11(4-2-10)16-5-6-17-11/h9,13H,1-8H2/t9-/m0/s1. The fraction of sp³-hybridized carbons (Fsp3) is 1.00. The van der Waals surface area contributed by atoms with Gasteiger partial charge in [0.05, 0.1) is 19.3 Å². The minimum Gasteiger partial charge on any atom is -0.348 e. The summed E-state index contributed by atoms with van der Waals surface area (Å²) in [5, 5.41) is 7.36. The molecule has 2 aliphatic heterocycles. The molecule has 0 amide bonds. The first-order chi connectivity index (χ1) is 8.26. The third-order valence-corrected chi connectivity index (χ3v) is 4.34. The van der Waals surface area contributed by atoms with Crippen molar-refractivity contribution in [3.8, 4) is 0 Å². The lowest BCUT2D eigenvalue weighted by molar-refractivity contribution is -0.185. The Labute approximate surface area is 100 Å². The molecule has 0 aromatic heterocycles. The molecule has 17 heavy (non-hydrogen) atoms. The fourth-order valence-electron chi connectivity index (χ4n) is 3.36. The molecule has 0 radical (unpaired) electrons. The van der Waals surface area contributed by atoms with Crippen molar-refractivity contribution in [1.29, 1.82) is 0 Å². The molecule has 0 unspecified atom stereocenters. The lowest BCUT2D eigenvalue weighted by Gasteiger charge is -2.41. The zero-order valence-corrected chi connectivity index (χ0v) is 9.89. The van der Waals surface area contributed by atoms with Gasteiger partial charge in [-0.2, -0.15) is 0 Å². The molecule has 1 N–H and O–H groups in total. The van der Waals surface area contributed by atoms with Gasteiger partial charge in [0.2, 0.25) is 0 Å². The molecule has 3 fully saturated rings. The highest BCUT2D eigenvalue weighted by molar-refractivity contribution is 5.04. The predicted molar refractivity (Wildman–Crippen MR) is 61.4 cm³/mol. The Morgan fingerprint density at radius 3 is 2.53 bits per heavy atom. The maximum absolute atomic E-state index is 8.47. The summed E-state index contributed by atoms with van der Waals surface area (Å²) >= 11 is 0. The SMILES string of the molecule is [N-]=[N+]=N[C@@H]1CNC2(CCC3(CC2)OCCO3)C1. The van der Waals surface area contributed by atoms with Crippen LogP contribution >= 0.6 is 0 Å². The predicted octanol–water partition coefficient (Wildman–Crippen LogP) is 1.71. The van der Waals surface area contributed by atoms with Gasteiger partial charge in [0, 0.05) is 29.8 Å². The second kappa shape index (κ2) is 4.14. The molecule has 1 atom stereocenters. The van der Waals surface area contributed by atoms with Gasteiger partial charge in [-0.05, 0) is 24.8 Å².